The van der Waals surface area contributed by atoms with Crippen LogP contribution in [0.2, 0.25) is 0 Å². The van der Waals surface area contributed by atoms with Gasteiger partial charge in [-0.15, -0.1) is 11.8 Å². The highest BCUT2D eigenvalue weighted by molar-refractivity contribution is 8.00. The van der Waals surface area contributed by atoms with E-state index < -0.39 is 4.92 Å². The highest BCUT2D eigenvalue weighted by Crippen LogP contribution is 2.34. The number of hydrogen-bond acceptors (Lipinski definition) is 5. The number of carbonyl (C=O) groups excluding carboxylic acids is 1. The number of thioether (sulfide) groups is 1. The van der Waals surface area contributed by atoms with Gasteiger partial charge in [0.2, 0.25) is 5.91 Å². The Bertz CT molecular complexity index is 714. The van der Waals surface area contributed by atoms with E-state index in [1.807, 2.05) is 23.1 Å². The molecule has 1 aliphatic rings. The molecule has 0 aliphatic carbocycles. The molecular weight excluding hydrogens is 320 g/mol. The van der Waals surface area contributed by atoms with Crippen molar-refractivity contribution in [1.29, 1.82) is 0 Å². The number of carbonyl (C=O) groups is 1. The summed E-state index contributed by atoms with van der Waals surface area (Å²) in [6.45, 7) is 1.34. The van der Waals surface area contributed by atoms with Crippen molar-refractivity contribution in [3.05, 3.63) is 57.0 Å². The molecule has 22 heavy (non-hydrogen) atoms. The normalized spacial score (nSPS) is 13.7. The summed E-state index contributed by atoms with van der Waals surface area (Å²) < 4.78 is 0. The second kappa shape index (κ2) is 6.50. The van der Waals surface area contributed by atoms with E-state index in [4.69, 9.17) is 0 Å². The van der Waals surface area contributed by atoms with Crippen molar-refractivity contribution in [2.45, 2.75) is 17.9 Å². The zero-order chi connectivity index (χ0) is 15.5. The standard InChI is InChI=1S/C15H14N2O3S2/c18-14(10-22-13-6-8-21-15(13)17(19)20)16-7-5-11-3-1-2-4-12(11)9-16/h1-4,6,8H,5,7,9-10H2. The first kappa shape index (κ1) is 15.1. The van der Waals surface area contributed by atoms with E-state index in [0.29, 0.717) is 18.0 Å². The van der Waals surface area contributed by atoms with E-state index in [0.717, 1.165) is 17.8 Å². The fraction of sp³-hybridized carbons (Fsp3) is 0.267. The predicted octanol–water partition coefficient (Wildman–Crippen LogP) is 3.33. The minimum absolute atomic E-state index is 0.0278. The molecule has 3 rings (SSSR count). The fourth-order valence-corrected chi connectivity index (χ4v) is 4.31. The first-order chi connectivity index (χ1) is 10.6. The largest absolute Gasteiger partial charge is 0.337 e. The number of nitro groups is 1. The van der Waals surface area contributed by atoms with Crippen LogP contribution in [0.1, 0.15) is 11.1 Å². The van der Waals surface area contributed by atoms with Crippen LogP contribution >= 0.6 is 23.1 Å². The van der Waals surface area contributed by atoms with Crippen molar-refractivity contribution in [3.8, 4) is 0 Å². The number of hydrogen-bond donors (Lipinski definition) is 0. The van der Waals surface area contributed by atoms with Crippen LogP contribution in [0.5, 0.6) is 0 Å². The minimum Gasteiger partial charge on any atom is -0.337 e. The van der Waals surface area contributed by atoms with E-state index in [1.54, 1.807) is 11.4 Å². The third-order valence-electron chi connectivity index (χ3n) is 3.61. The van der Waals surface area contributed by atoms with E-state index in [2.05, 4.69) is 6.07 Å². The van der Waals surface area contributed by atoms with Crippen LogP contribution in [0.25, 0.3) is 0 Å². The van der Waals surface area contributed by atoms with Gasteiger partial charge in [0.05, 0.1) is 15.6 Å². The Morgan fingerprint density at radius 1 is 1.32 bits per heavy atom. The summed E-state index contributed by atoms with van der Waals surface area (Å²) in [5.74, 6) is 0.264. The number of benzene rings is 1. The Labute approximate surface area is 136 Å². The second-order valence-electron chi connectivity index (χ2n) is 4.97. The van der Waals surface area contributed by atoms with E-state index in [1.165, 1.54) is 22.9 Å². The van der Waals surface area contributed by atoms with Crippen LogP contribution in [0.3, 0.4) is 0 Å². The highest BCUT2D eigenvalue weighted by Gasteiger charge is 2.22. The van der Waals surface area contributed by atoms with E-state index in [-0.39, 0.29) is 16.7 Å². The summed E-state index contributed by atoms with van der Waals surface area (Å²) in [5, 5.41) is 12.7. The summed E-state index contributed by atoms with van der Waals surface area (Å²) in [6, 6.07) is 9.84. The van der Waals surface area contributed by atoms with Gasteiger partial charge in [0, 0.05) is 13.1 Å². The zero-order valence-electron chi connectivity index (χ0n) is 11.7. The molecule has 0 bridgehead atoms. The second-order valence-corrected chi connectivity index (χ2v) is 6.88. The van der Waals surface area contributed by atoms with Gasteiger partial charge in [-0.1, -0.05) is 35.6 Å². The first-order valence-electron chi connectivity index (χ1n) is 6.84. The number of fused-ring (bicyclic) bond motifs is 1. The summed E-state index contributed by atoms with van der Waals surface area (Å²) >= 11 is 2.33. The molecule has 1 aromatic carbocycles. The molecule has 0 unspecified atom stereocenters. The SMILES string of the molecule is O=C(CSc1ccsc1[N+](=O)[O-])N1CCc2ccccc2C1. The average Bonchev–Trinajstić information content (AvgIpc) is 3.01. The predicted molar refractivity (Wildman–Crippen MR) is 87.3 cm³/mol. The third kappa shape index (κ3) is 3.15. The van der Waals surface area contributed by atoms with Crippen LogP contribution in [0.15, 0.2) is 40.6 Å². The molecule has 0 saturated heterocycles. The molecule has 0 atom stereocenters. The Morgan fingerprint density at radius 3 is 2.86 bits per heavy atom. The number of amides is 1. The number of nitrogens with zero attached hydrogens (tertiary/aromatic N) is 2. The molecule has 7 heteroatoms. The van der Waals surface area contributed by atoms with Gasteiger partial charge in [0.15, 0.2) is 0 Å². The number of thiophene rings is 1. The Kier molecular flexibility index (Phi) is 4.44. The molecule has 2 aromatic rings. The fourth-order valence-electron chi connectivity index (χ4n) is 2.47. The molecule has 1 amide bonds. The summed E-state index contributed by atoms with van der Waals surface area (Å²) in [4.78, 5) is 25.2. The smallest absolute Gasteiger partial charge is 0.337 e. The lowest BCUT2D eigenvalue weighted by Gasteiger charge is -2.28. The monoisotopic (exact) mass is 334 g/mol. The maximum absolute atomic E-state index is 12.3. The van der Waals surface area contributed by atoms with Crippen molar-refractivity contribution in [2.75, 3.05) is 12.3 Å². The van der Waals surface area contributed by atoms with Gasteiger partial charge in [-0.3, -0.25) is 14.9 Å². The molecule has 2 heterocycles. The van der Waals surface area contributed by atoms with Crippen molar-refractivity contribution < 1.29 is 9.72 Å². The highest BCUT2D eigenvalue weighted by atomic mass is 32.2. The lowest BCUT2D eigenvalue weighted by molar-refractivity contribution is -0.382. The van der Waals surface area contributed by atoms with Crippen LogP contribution in [-0.4, -0.2) is 28.0 Å². The maximum atomic E-state index is 12.3. The Morgan fingerprint density at radius 2 is 2.09 bits per heavy atom. The minimum atomic E-state index is -0.394. The molecular formula is C15H14N2O3S2. The van der Waals surface area contributed by atoms with Crippen molar-refractivity contribution in [1.82, 2.24) is 4.90 Å². The van der Waals surface area contributed by atoms with Gasteiger partial charge in [0.25, 0.3) is 0 Å². The molecule has 1 aliphatic heterocycles. The van der Waals surface area contributed by atoms with Gasteiger partial charge >= 0.3 is 5.00 Å². The van der Waals surface area contributed by atoms with Gasteiger partial charge in [-0.2, -0.15) is 0 Å². The van der Waals surface area contributed by atoms with Crippen molar-refractivity contribution in [3.63, 3.8) is 0 Å². The van der Waals surface area contributed by atoms with Crippen LogP contribution in [0.4, 0.5) is 5.00 Å². The number of rotatable bonds is 4. The van der Waals surface area contributed by atoms with Crippen molar-refractivity contribution in [2.24, 2.45) is 0 Å². The van der Waals surface area contributed by atoms with Crippen LogP contribution < -0.4 is 0 Å². The zero-order valence-corrected chi connectivity index (χ0v) is 13.4. The van der Waals surface area contributed by atoms with E-state index >= 15 is 0 Å². The van der Waals surface area contributed by atoms with Crippen LogP contribution in [-0.2, 0) is 17.8 Å². The van der Waals surface area contributed by atoms with Crippen LogP contribution in [0, 0.1) is 10.1 Å². The lowest BCUT2D eigenvalue weighted by Crippen LogP contribution is -2.37. The first-order valence-corrected chi connectivity index (χ1v) is 8.71. The molecule has 0 radical (unpaired) electrons. The van der Waals surface area contributed by atoms with E-state index in [9.17, 15) is 14.9 Å². The molecule has 5 nitrogen and oxygen atoms in total. The molecule has 1 aromatic heterocycles. The van der Waals surface area contributed by atoms with Gasteiger partial charge in [-0.05, 0) is 29.0 Å². The summed E-state index contributed by atoms with van der Waals surface area (Å²) in [6.07, 6.45) is 0.866. The summed E-state index contributed by atoms with van der Waals surface area (Å²) in [7, 11) is 0. The average molecular weight is 334 g/mol. The van der Waals surface area contributed by atoms with Crippen molar-refractivity contribution >= 4 is 34.0 Å². The maximum Gasteiger partial charge on any atom is 0.337 e. The Hall–Kier alpha value is -1.86. The molecule has 0 fully saturated rings. The van der Waals surface area contributed by atoms with Gasteiger partial charge in [0.1, 0.15) is 0 Å². The Balaban J connectivity index is 1.61. The lowest BCUT2D eigenvalue weighted by atomic mass is 10.00. The quantitative estimate of drug-likeness (QED) is 0.489. The molecule has 0 saturated carbocycles. The molecule has 0 spiro atoms. The van der Waals surface area contributed by atoms with Gasteiger partial charge in [-0.25, -0.2) is 0 Å². The molecule has 114 valence electrons. The topological polar surface area (TPSA) is 63.4 Å². The van der Waals surface area contributed by atoms with Gasteiger partial charge < -0.3 is 4.90 Å². The molecule has 0 N–H and O–H groups in total. The third-order valence-corrected chi connectivity index (χ3v) is 5.64. The summed E-state index contributed by atoms with van der Waals surface area (Å²) in [5.41, 5.74) is 2.49.